The van der Waals surface area contributed by atoms with E-state index in [1.54, 1.807) is 0 Å². The number of aromatic nitrogens is 2. The van der Waals surface area contributed by atoms with Crippen molar-refractivity contribution in [3.8, 4) is 0 Å². The number of piperidine rings is 1. The number of pyridine rings is 1. The van der Waals surface area contributed by atoms with Gasteiger partial charge in [0.1, 0.15) is 0 Å². The first-order valence-corrected chi connectivity index (χ1v) is 6.46. The standard InChI is InChI=1S/C14H18N4/c1-2-10-18(9-1)16-13-5-11-17(12-6-13)14-3-7-15-8-4-14/h1-4,7-10,13,16H,5-6,11-12H2. The molecule has 4 heteroatoms. The lowest BCUT2D eigenvalue weighted by molar-refractivity contribution is 0.494. The molecule has 1 N–H and O–H groups in total. The predicted molar refractivity (Wildman–Crippen MR) is 73.3 cm³/mol. The second kappa shape index (κ2) is 5.12. The minimum atomic E-state index is 0.565. The van der Waals surface area contributed by atoms with Crippen LogP contribution in [0.15, 0.2) is 49.1 Å². The van der Waals surface area contributed by atoms with E-state index < -0.39 is 0 Å². The molecule has 0 bridgehead atoms. The minimum absolute atomic E-state index is 0.565. The summed E-state index contributed by atoms with van der Waals surface area (Å²) in [6.45, 7) is 2.20. The SMILES string of the molecule is c1ccn(NC2CCN(c3ccncc3)CC2)c1. The van der Waals surface area contributed by atoms with Crippen LogP contribution in [0, 0.1) is 0 Å². The fourth-order valence-corrected chi connectivity index (χ4v) is 2.45. The van der Waals surface area contributed by atoms with Crippen molar-refractivity contribution in [1.29, 1.82) is 0 Å². The van der Waals surface area contributed by atoms with E-state index in [1.807, 2.05) is 29.2 Å². The summed E-state index contributed by atoms with van der Waals surface area (Å²) in [6.07, 6.45) is 10.2. The Morgan fingerprint density at radius 3 is 2.39 bits per heavy atom. The van der Waals surface area contributed by atoms with E-state index in [0.717, 1.165) is 13.1 Å². The molecule has 0 atom stereocenters. The van der Waals surface area contributed by atoms with Crippen molar-refractivity contribution in [1.82, 2.24) is 9.66 Å². The van der Waals surface area contributed by atoms with Crippen molar-refractivity contribution in [3.63, 3.8) is 0 Å². The zero-order valence-corrected chi connectivity index (χ0v) is 10.4. The van der Waals surface area contributed by atoms with Gasteiger partial charge in [-0.05, 0) is 37.1 Å². The monoisotopic (exact) mass is 242 g/mol. The molecule has 3 rings (SSSR count). The van der Waals surface area contributed by atoms with Crippen LogP contribution in [-0.4, -0.2) is 28.8 Å². The van der Waals surface area contributed by atoms with Gasteiger partial charge in [0.25, 0.3) is 0 Å². The largest absolute Gasteiger partial charge is 0.371 e. The van der Waals surface area contributed by atoms with Gasteiger partial charge in [-0.15, -0.1) is 0 Å². The third-order valence-electron chi connectivity index (χ3n) is 3.46. The van der Waals surface area contributed by atoms with Gasteiger partial charge in [0, 0.05) is 49.6 Å². The molecule has 1 aliphatic heterocycles. The Bertz CT molecular complexity index is 458. The molecule has 0 spiro atoms. The summed E-state index contributed by atoms with van der Waals surface area (Å²) in [5, 5.41) is 0. The Morgan fingerprint density at radius 2 is 1.72 bits per heavy atom. The Balaban J connectivity index is 1.55. The van der Waals surface area contributed by atoms with Crippen LogP contribution >= 0.6 is 0 Å². The van der Waals surface area contributed by atoms with Crippen molar-refractivity contribution in [2.24, 2.45) is 0 Å². The molecule has 0 saturated carbocycles. The Hall–Kier alpha value is -1.97. The summed E-state index contributed by atoms with van der Waals surface area (Å²) in [6, 6.07) is 8.81. The zero-order chi connectivity index (χ0) is 12.2. The van der Waals surface area contributed by atoms with E-state index in [0.29, 0.717) is 6.04 Å². The number of nitrogens with zero attached hydrogens (tertiary/aromatic N) is 3. The number of rotatable bonds is 3. The lowest BCUT2D eigenvalue weighted by Crippen LogP contribution is -2.41. The molecule has 0 radical (unpaired) electrons. The summed E-state index contributed by atoms with van der Waals surface area (Å²) in [5.41, 5.74) is 4.79. The van der Waals surface area contributed by atoms with Gasteiger partial charge in [-0.25, -0.2) is 0 Å². The van der Waals surface area contributed by atoms with Crippen LogP contribution in [0.5, 0.6) is 0 Å². The third kappa shape index (κ3) is 2.47. The van der Waals surface area contributed by atoms with E-state index in [4.69, 9.17) is 0 Å². The van der Waals surface area contributed by atoms with Crippen LogP contribution in [-0.2, 0) is 0 Å². The molecule has 94 valence electrons. The zero-order valence-electron chi connectivity index (χ0n) is 10.4. The van der Waals surface area contributed by atoms with Crippen molar-refractivity contribution in [2.75, 3.05) is 23.4 Å². The van der Waals surface area contributed by atoms with Gasteiger partial charge < -0.3 is 10.3 Å². The molecule has 1 saturated heterocycles. The first-order chi connectivity index (χ1) is 8.92. The molecule has 0 aliphatic carbocycles. The summed E-state index contributed by atoms with van der Waals surface area (Å²) < 4.78 is 2.05. The summed E-state index contributed by atoms with van der Waals surface area (Å²) in [7, 11) is 0. The van der Waals surface area contributed by atoms with E-state index in [2.05, 4.69) is 39.8 Å². The highest BCUT2D eigenvalue weighted by Crippen LogP contribution is 2.19. The van der Waals surface area contributed by atoms with Gasteiger partial charge in [0.05, 0.1) is 0 Å². The molecule has 1 aliphatic rings. The highest BCUT2D eigenvalue weighted by Gasteiger charge is 2.18. The predicted octanol–water partition coefficient (Wildman–Crippen LogP) is 2.10. The fourth-order valence-electron chi connectivity index (χ4n) is 2.45. The summed E-state index contributed by atoms with van der Waals surface area (Å²) >= 11 is 0. The van der Waals surface area contributed by atoms with Crippen LogP contribution < -0.4 is 10.3 Å². The number of nitrogens with one attached hydrogen (secondary N) is 1. The van der Waals surface area contributed by atoms with Crippen molar-refractivity contribution >= 4 is 5.69 Å². The Labute approximate surface area is 107 Å². The quantitative estimate of drug-likeness (QED) is 0.894. The molecule has 0 aromatic carbocycles. The molecule has 4 nitrogen and oxygen atoms in total. The maximum absolute atomic E-state index is 4.06. The van der Waals surface area contributed by atoms with E-state index in [-0.39, 0.29) is 0 Å². The molecule has 18 heavy (non-hydrogen) atoms. The molecule has 2 aromatic heterocycles. The van der Waals surface area contributed by atoms with Gasteiger partial charge in [-0.1, -0.05) is 0 Å². The average molecular weight is 242 g/mol. The van der Waals surface area contributed by atoms with Crippen molar-refractivity contribution in [3.05, 3.63) is 49.1 Å². The molecule has 2 aromatic rings. The van der Waals surface area contributed by atoms with Crippen LogP contribution in [0.1, 0.15) is 12.8 Å². The number of anilines is 1. The summed E-state index contributed by atoms with van der Waals surface area (Å²) in [5.74, 6) is 0. The van der Waals surface area contributed by atoms with Crippen molar-refractivity contribution in [2.45, 2.75) is 18.9 Å². The maximum atomic E-state index is 4.06. The molecule has 0 amide bonds. The smallest absolute Gasteiger partial charge is 0.0457 e. The van der Waals surface area contributed by atoms with Crippen LogP contribution in [0.3, 0.4) is 0 Å². The second-order valence-electron chi connectivity index (χ2n) is 4.69. The Kier molecular flexibility index (Phi) is 3.17. The molecule has 0 unspecified atom stereocenters. The van der Waals surface area contributed by atoms with Crippen LogP contribution in [0.2, 0.25) is 0 Å². The van der Waals surface area contributed by atoms with E-state index in [1.165, 1.54) is 18.5 Å². The van der Waals surface area contributed by atoms with E-state index >= 15 is 0 Å². The van der Waals surface area contributed by atoms with Crippen LogP contribution in [0.4, 0.5) is 5.69 Å². The van der Waals surface area contributed by atoms with Gasteiger partial charge >= 0.3 is 0 Å². The molecular weight excluding hydrogens is 224 g/mol. The first-order valence-electron chi connectivity index (χ1n) is 6.46. The van der Waals surface area contributed by atoms with Gasteiger partial charge in [0.15, 0.2) is 0 Å². The highest BCUT2D eigenvalue weighted by molar-refractivity contribution is 5.44. The lowest BCUT2D eigenvalue weighted by Gasteiger charge is -2.34. The fraction of sp³-hybridized carbons (Fsp3) is 0.357. The van der Waals surface area contributed by atoms with Gasteiger partial charge in [-0.2, -0.15) is 0 Å². The van der Waals surface area contributed by atoms with Gasteiger partial charge in [0.2, 0.25) is 0 Å². The summed E-state index contributed by atoms with van der Waals surface area (Å²) in [4.78, 5) is 6.49. The maximum Gasteiger partial charge on any atom is 0.0457 e. The second-order valence-corrected chi connectivity index (χ2v) is 4.69. The van der Waals surface area contributed by atoms with Crippen LogP contribution in [0.25, 0.3) is 0 Å². The first kappa shape index (κ1) is 11.1. The molecular formula is C14H18N4. The van der Waals surface area contributed by atoms with Crippen molar-refractivity contribution < 1.29 is 0 Å². The highest BCUT2D eigenvalue weighted by atomic mass is 15.4. The van der Waals surface area contributed by atoms with E-state index in [9.17, 15) is 0 Å². The normalized spacial score (nSPS) is 16.8. The molecule has 1 fully saturated rings. The van der Waals surface area contributed by atoms with Gasteiger partial charge in [-0.3, -0.25) is 9.66 Å². The topological polar surface area (TPSA) is 33.1 Å². The lowest BCUT2D eigenvalue weighted by atomic mass is 10.1. The Morgan fingerprint density at radius 1 is 1.06 bits per heavy atom. The number of hydrogen-bond acceptors (Lipinski definition) is 3. The minimum Gasteiger partial charge on any atom is -0.371 e. The molecule has 3 heterocycles. The average Bonchev–Trinajstić information content (AvgIpc) is 2.94. The third-order valence-corrected chi connectivity index (χ3v) is 3.46. The number of hydrogen-bond donors (Lipinski definition) is 1.